The zero-order valence-electron chi connectivity index (χ0n) is 12.2. The first kappa shape index (κ1) is 16.0. The van der Waals surface area contributed by atoms with E-state index in [0.717, 1.165) is 25.7 Å². The third kappa shape index (κ3) is 4.82. The highest BCUT2D eigenvalue weighted by molar-refractivity contribution is 7.88. The van der Waals surface area contributed by atoms with Crippen LogP contribution in [-0.4, -0.2) is 27.5 Å². The molecule has 0 radical (unpaired) electrons. The summed E-state index contributed by atoms with van der Waals surface area (Å²) in [6.45, 7) is 0. The fraction of sp³-hybridized carbons (Fsp3) is 0.533. The minimum absolute atomic E-state index is 0.0486. The first-order chi connectivity index (χ1) is 10.00. The zero-order valence-corrected chi connectivity index (χ0v) is 13.0. The summed E-state index contributed by atoms with van der Waals surface area (Å²) >= 11 is 0. The summed E-state index contributed by atoms with van der Waals surface area (Å²) in [5.74, 6) is -0.580. The van der Waals surface area contributed by atoms with Gasteiger partial charge in [0.25, 0.3) is 0 Å². The van der Waals surface area contributed by atoms with Gasteiger partial charge in [0.1, 0.15) is 0 Å². The van der Waals surface area contributed by atoms with Crippen molar-refractivity contribution in [1.82, 2.24) is 4.72 Å². The van der Waals surface area contributed by atoms with Gasteiger partial charge in [0.2, 0.25) is 10.0 Å². The van der Waals surface area contributed by atoms with Gasteiger partial charge in [-0.25, -0.2) is 17.9 Å². The van der Waals surface area contributed by atoms with Crippen molar-refractivity contribution in [2.24, 2.45) is 0 Å². The SMILES string of the molecule is COC(=O)c1cccc(CS(=O)(=O)NC2CCCCC2)c1. The molecule has 1 aliphatic rings. The number of carbonyl (C=O) groups is 1. The van der Waals surface area contributed by atoms with Crippen LogP contribution in [0, 0.1) is 0 Å². The van der Waals surface area contributed by atoms with Crippen LogP contribution in [0.5, 0.6) is 0 Å². The monoisotopic (exact) mass is 311 g/mol. The fourth-order valence-corrected chi connectivity index (χ4v) is 4.09. The predicted molar refractivity (Wildman–Crippen MR) is 80.4 cm³/mol. The van der Waals surface area contributed by atoms with E-state index in [9.17, 15) is 13.2 Å². The van der Waals surface area contributed by atoms with E-state index in [2.05, 4.69) is 9.46 Å². The van der Waals surface area contributed by atoms with Crippen molar-refractivity contribution in [2.75, 3.05) is 7.11 Å². The van der Waals surface area contributed by atoms with E-state index in [1.807, 2.05) is 0 Å². The van der Waals surface area contributed by atoms with E-state index in [-0.39, 0.29) is 11.8 Å². The first-order valence-corrected chi connectivity index (χ1v) is 8.82. The Morgan fingerprint density at radius 3 is 2.67 bits per heavy atom. The van der Waals surface area contributed by atoms with Crippen molar-refractivity contribution in [2.45, 2.75) is 43.9 Å². The highest BCUT2D eigenvalue weighted by Gasteiger charge is 2.20. The molecule has 5 nitrogen and oxygen atoms in total. The number of nitrogens with one attached hydrogen (secondary N) is 1. The Balaban J connectivity index is 2.03. The lowest BCUT2D eigenvalue weighted by atomic mass is 9.96. The third-order valence-corrected chi connectivity index (χ3v) is 5.06. The van der Waals surface area contributed by atoms with E-state index in [1.165, 1.54) is 13.5 Å². The summed E-state index contributed by atoms with van der Waals surface area (Å²) < 4.78 is 31.8. The van der Waals surface area contributed by atoms with Gasteiger partial charge < -0.3 is 4.74 Å². The number of rotatable bonds is 5. The average molecular weight is 311 g/mol. The smallest absolute Gasteiger partial charge is 0.337 e. The van der Waals surface area contributed by atoms with Gasteiger partial charge >= 0.3 is 5.97 Å². The Morgan fingerprint density at radius 1 is 1.29 bits per heavy atom. The Bertz CT molecular complexity index is 591. The summed E-state index contributed by atoms with van der Waals surface area (Å²) in [5, 5.41) is 0. The number of esters is 1. The minimum Gasteiger partial charge on any atom is -0.465 e. The molecule has 1 aliphatic carbocycles. The van der Waals surface area contributed by atoms with Crippen molar-refractivity contribution >= 4 is 16.0 Å². The van der Waals surface area contributed by atoms with Crippen LogP contribution < -0.4 is 4.72 Å². The molecule has 1 aromatic carbocycles. The van der Waals surface area contributed by atoms with Crippen LogP contribution in [0.4, 0.5) is 0 Å². The molecule has 0 amide bonds. The molecule has 0 spiro atoms. The molecule has 1 saturated carbocycles. The molecule has 6 heteroatoms. The van der Waals surface area contributed by atoms with E-state index >= 15 is 0 Å². The molecule has 2 rings (SSSR count). The fourth-order valence-electron chi connectivity index (χ4n) is 2.64. The molecule has 0 unspecified atom stereocenters. The second-order valence-electron chi connectivity index (χ2n) is 5.40. The number of hydrogen-bond acceptors (Lipinski definition) is 4. The number of carbonyl (C=O) groups excluding carboxylic acids is 1. The quantitative estimate of drug-likeness (QED) is 0.846. The third-order valence-electron chi connectivity index (χ3n) is 3.66. The van der Waals surface area contributed by atoms with Crippen molar-refractivity contribution in [1.29, 1.82) is 0 Å². The van der Waals surface area contributed by atoms with Crippen molar-refractivity contribution in [3.63, 3.8) is 0 Å². The summed E-state index contributed by atoms with van der Waals surface area (Å²) in [7, 11) is -2.08. The van der Waals surface area contributed by atoms with Gasteiger partial charge in [0, 0.05) is 6.04 Å². The maximum atomic E-state index is 12.2. The van der Waals surface area contributed by atoms with Crippen LogP contribution in [0.2, 0.25) is 0 Å². The topological polar surface area (TPSA) is 72.5 Å². The molecule has 1 N–H and O–H groups in total. The van der Waals surface area contributed by atoms with E-state index in [4.69, 9.17) is 0 Å². The largest absolute Gasteiger partial charge is 0.465 e. The molecule has 0 bridgehead atoms. The molecule has 1 fully saturated rings. The lowest BCUT2D eigenvalue weighted by Gasteiger charge is -2.22. The maximum absolute atomic E-state index is 12.2. The Hall–Kier alpha value is -1.40. The second kappa shape index (κ2) is 7.04. The summed E-state index contributed by atoms with van der Waals surface area (Å²) in [4.78, 5) is 11.5. The lowest BCUT2D eigenvalue weighted by Crippen LogP contribution is -2.36. The van der Waals surface area contributed by atoms with Gasteiger partial charge in [0.15, 0.2) is 0 Å². The van der Waals surface area contributed by atoms with Gasteiger partial charge in [-0.3, -0.25) is 0 Å². The molecule has 1 aromatic rings. The molecule has 116 valence electrons. The number of methoxy groups -OCH3 is 1. The van der Waals surface area contributed by atoms with Gasteiger partial charge in [-0.05, 0) is 30.5 Å². The first-order valence-electron chi connectivity index (χ1n) is 7.17. The highest BCUT2D eigenvalue weighted by atomic mass is 32.2. The summed E-state index contributed by atoms with van der Waals surface area (Å²) in [5.41, 5.74) is 0.948. The Morgan fingerprint density at radius 2 is 2.00 bits per heavy atom. The molecule has 0 atom stereocenters. The van der Waals surface area contributed by atoms with Gasteiger partial charge in [0.05, 0.1) is 18.4 Å². The normalized spacial score (nSPS) is 16.6. The Labute approximate surface area is 125 Å². The van der Waals surface area contributed by atoms with E-state index in [0.29, 0.717) is 11.1 Å². The number of benzene rings is 1. The standard InChI is InChI=1S/C15H21NO4S/c1-20-15(17)13-7-5-6-12(10-13)11-21(18,19)16-14-8-3-2-4-9-14/h5-7,10,14,16H,2-4,8-9,11H2,1H3. The minimum atomic E-state index is -3.39. The lowest BCUT2D eigenvalue weighted by molar-refractivity contribution is 0.0600. The number of sulfonamides is 1. The molecule has 0 saturated heterocycles. The molecule has 21 heavy (non-hydrogen) atoms. The highest BCUT2D eigenvalue weighted by Crippen LogP contribution is 2.19. The molecular weight excluding hydrogens is 290 g/mol. The van der Waals surface area contributed by atoms with Crippen LogP contribution in [0.3, 0.4) is 0 Å². The molecule has 0 heterocycles. The second-order valence-corrected chi connectivity index (χ2v) is 7.16. The van der Waals surface area contributed by atoms with Gasteiger partial charge in [-0.15, -0.1) is 0 Å². The van der Waals surface area contributed by atoms with Gasteiger partial charge in [-0.1, -0.05) is 31.4 Å². The van der Waals surface area contributed by atoms with Crippen LogP contribution >= 0.6 is 0 Å². The summed E-state index contributed by atoms with van der Waals surface area (Å²) in [6.07, 6.45) is 5.14. The predicted octanol–water partition coefficient (Wildman–Crippen LogP) is 2.23. The zero-order chi connectivity index (χ0) is 15.3. The van der Waals surface area contributed by atoms with Crippen LogP contribution in [-0.2, 0) is 20.5 Å². The van der Waals surface area contributed by atoms with E-state index < -0.39 is 16.0 Å². The van der Waals surface area contributed by atoms with Crippen LogP contribution in [0.25, 0.3) is 0 Å². The van der Waals surface area contributed by atoms with Crippen molar-refractivity contribution in [3.8, 4) is 0 Å². The number of ether oxygens (including phenoxy) is 1. The molecule has 0 aliphatic heterocycles. The average Bonchev–Trinajstić information content (AvgIpc) is 2.46. The maximum Gasteiger partial charge on any atom is 0.337 e. The molecular formula is C15H21NO4S. The van der Waals surface area contributed by atoms with Crippen LogP contribution in [0.1, 0.15) is 48.0 Å². The molecule has 0 aromatic heterocycles. The Kier molecular flexibility index (Phi) is 5.36. The van der Waals surface area contributed by atoms with Crippen molar-refractivity contribution in [3.05, 3.63) is 35.4 Å². The van der Waals surface area contributed by atoms with Crippen molar-refractivity contribution < 1.29 is 17.9 Å². The summed E-state index contributed by atoms with van der Waals surface area (Å²) in [6, 6.07) is 6.58. The van der Waals surface area contributed by atoms with Gasteiger partial charge in [-0.2, -0.15) is 0 Å². The van der Waals surface area contributed by atoms with E-state index in [1.54, 1.807) is 24.3 Å². The number of hydrogen-bond donors (Lipinski definition) is 1. The van der Waals surface area contributed by atoms with Crippen LogP contribution in [0.15, 0.2) is 24.3 Å².